The molecule has 1 heterocycles. The molecule has 0 saturated heterocycles. The largest absolute Gasteiger partial charge is 0.374 e. The maximum atomic E-state index is 13.2. The van der Waals surface area contributed by atoms with E-state index >= 15 is 0 Å². The Labute approximate surface area is 85.1 Å². The lowest BCUT2D eigenvalue weighted by molar-refractivity contribution is 0.129. The number of benzene rings is 1. The van der Waals surface area contributed by atoms with Gasteiger partial charge < -0.3 is 9.72 Å². The van der Waals surface area contributed by atoms with Gasteiger partial charge in [-0.05, 0) is 13.0 Å². The number of imidazole rings is 1. The molecule has 80 valence electrons. The Morgan fingerprint density at radius 2 is 2.20 bits per heavy atom. The number of H-pyrrole nitrogens is 1. The van der Waals surface area contributed by atoms with Crippen molar-refractivity contribution in [2.45, 2.75) is 13.5 Å². The molecule has 0 unspecified atom stereocenters. The van der Waals surface area contributed by atoms with E-state index in [1.807, 2.05) is 6.92 Å². The van der Waals surface area contributed by atoms with Gasteiger partial charge in [0.25, 0.3) is 0 Å². The van der Waals surface area contributed by atoms with Crippen molar-refractivity contribution < 1.29 is 13.5 Å². The molecule has 2 rings (SSSR count). The number of nitrogens with zero attached hydrogens (tertiary/aromatic N) is 1. The van der Waals surface area contributed by atoms with Crippen LogP contribution in [0.1, 0.15) is 12.7 Å². The highest BCUT2D eigenvalue weighted by molar-refractivity contribution is 5.75. The van der Waals surface area contributed by atoms with Crippen LogP contribution in [0.4, 0.5) is 8.78 Å². The second-order valence-electron chi connectivity index (χ2n) is 3.10. The second kappa shape index (κ2) is 3.94. The normalized spacial score (nSPS) is 11.1. The van der Waals surface area contributed by atoms with E-state index in [0.29, 0.717) is 17.9 Å². The number of aromatic nitrogens is 2. The topological polar surface area (TPSA) is 37.9 Å². The van der Waals surface area contributed by atoms with Crippen LogP contribution in [-0.4, -0.2) is 16.6 Å². The maximum absolute atomic E-state index is 13.2. The summed E-state index contributed by atoms with van der Waals surface area (Å²) in [5.41, 5.74) is 0.494. The summed E-state index contributed by atoms with van der Waals surface area (Å²) in [5.74, 6) is -0.785. The number of nitrogens with one attached hydrogen (secondary N) is 1. The summed E-state index contributed by atoms with van der Waals surface area (Å²) in [5, 5.41) is 0. The Balaban J connectivity index is 2.41. The summed E-state index contributed by atoms with van der Waals surface area (Å²) in [6, 6.07) is 2.02. The highest BCUT2D eigenvalue weighted by Crippen LogP contribution is 2.17. The molecule has 0 aliphatic heterocycles. The Hall–Kier alpha value is -1.49. The molecule has 0 aliphatic carbocycles. The molecule has 0 amide bonds. The predicted octanol–water partition coefficient (Wildman–Crippen LogP) is 2.38. The molecule has 0 fully saturated rings. The maximum Gasteiger partial charge on any atom is 0.153 e. The van der Waals surface area contributed by atoms with Crippen LogP contribution in [0.2, 0.25) is 0 Å². The quantitative estimate of drug-likeness (QED) is 0.848. The molecule has 5 heteroatoms. The molecule has 0 bridgehead atoms. The predicted molar refractivity (Wildman–Crippen MR) is 51.3 cm³/mol. The van der Waals surface area contributed by atoms with Gasteiger partial charge in [0.2, 0.25) is 0 Å². The van der Waals surface area contributed by atoms with Crippen molar-refractivity contribution in [3.8, 4) is 0 Å². The molecule has 0 atom stereocenters. The number of hydrogen-bond donors (Lipinski definition) is 1. The van der Waals surface area contributed by atoms with Gasteiger partial charge in [0, 0.05) is 12.7 Å². The van der Waals surface area contributed by atoms with Crippen LogP contribution in [0.25, 0.3) is 11.0 Å². The Bertz CT molecular complexity index is 481. The Morgan fingerprint density at radius 3 is 2.93 bits per heavy atom. The summed E-state index contributed by atoms with van der Waals surface area (Å²) in [6.07, 6.45) is 0. The molecule has 0 saturated carbocycles. The van der Waals surface area contributed by atoms with Crippen LogP contribution < -0.4 is 0 Å². The zero-order chi connectivity index (χ0) is 10.8. The number of aromatic amines is 1. The molecule has 1 aromatic carbocycles. The van der Waals surface area contributed by atoms with Crippen molar-refractivity contribution in [2.24, 2.45) is 0 Å². The Morgan fingerprint density at radius 1 is 1.40 bits per heavy atom. The summed E-state index contributed by atoms with van der Waals surface area (Å²) >= 11 is 0. The van der Waals surface area contributed by atoms with Crippen LogP contribution in [0, 0.1) is 11.6 Å². The van der Waals surface area contributed by atoms with Crippen LogP contribution in [0.3, 0.4) is 0 Å². The highest BCUT2D eigenvalue weighted by Gasteiger charge is 2.09. The molecular formula is C10H10F2N2O. The van der Waals surface area contributed by atoms with Crippen LogP contribution in [0.5, 0.6) is 0 Å². The fourth-order valence-corrected chi connectivity index (χ4v) is 1.36. The molecule has 0 radical (unpaired) electrons. The zero-order valence-electron chi connectivity index (χ0n) is 8.18. The number of ether oxygens (including phenoxy) is 1. The van der Waals surface area contributed by atoms with Crippen molar-refractivity contribution in [1.29, 1.82) is 0 Å². The smallest absolute Gasteiger partial charge is 0.153 e. The van der Waals surface area contributed by atoms with Gasteiger partial charge in [-0.1, -0.05) is 0 Å². The van der Waals surface area contributed by atoms with Crippen molar-refractivity contribution in [3.05, 3.63) is 29.6 Å². The summed E-state index contributed by atoms with van der Waals surface area (Å²) in [6.45, 7) is 2.67. The minimum absolute atomic E-state index is 0.145. The third-order valence-electron chi connectivity index (χ3n) is 2.00. The fourth-order valence-electron chi connectivity index (χ4n) is 1.36. The van der Waals surface area contributed by atoms with Crippen LogP contribution >= 0.6 is 0 Å². The minimum Gasteiger partial charge on any atom is -0.374 e. The van der Waals surface area contributed by atoms with E-state index < -0.39 is 11.6 Å². The first-order chi connectivity index (χ1) is 7.20. The molecule has 0 spiro atoms. The zero-order valence-corrected chi connectivity index (χ0v) is 8.18. The van der Waals surface area contributed by atoms with Crippen molar-refractivity contribution >= 4 is 11.0 Å². The molecular weight excluding hydrogens is 202 g/mol. The second-order valence-corrected chi connectivity index (χ2v) is 3.10. The van der Waals surface area contributed by atoms with Gasteiger partial charge in [0.15, 0.2) is 5.82 Å². The van der Waals surface area contributed by atoms with Crippen molar-refractivity contribution in [1.82, 2.24) is 9.97 Å². The van der Waals surface area contributed by atoms with Gasteiger partial charge in [0.1, 0.15) is 23.8 Å². The van der Waals surface area contributed by atoms with Gasteiger partial charge in [-0.25, -0.2) is 13.8 Å². The van der Waals surface area contributed by atoms with E-state index in [1.54, 1.807) is 0 Å². The summed E-state index contributed by atoms with van der Waals surface area (Å²) in [7, 11) is 0. The molecule has 1 N–H and O–H groups in total. The van der Waals surface area contributed by atoms with Gasteiger partial charge in [-0.2, -0.15) is 0 Å². The van der Waals surface area contributed by atoms with E-state index in [-0.39, 0.29) is 12.1 Å². The third-order valence-corrected chi connectivity index (χ3v) is 2.00. The van der Waals surface area contributed by atoms with Gasteiger partial charge in [-0.15, -0.1) is 0 Å². The standard InChI is InChI=1S/C10H10F2N2O/c1-2-15-5-9-13-8-4-6(11)3-7(12)10(8)14-9/h3-4H,2,5H2,1H3,(H,13,14). The fraction of sp³-hybridized carbons (Fsp3) is 0.300. The van der Waals surface area contributed by atoms with Crippen molar-refractivity contribution in [3.63, 3.8) is 0 Å². The molecule has 3 nitrogen and oxygen atoms in total. The van der Waals surface area contributed by atoms with Crippen LogP contribution in [-0.2, 0) is 11.3 Å². The highest BCUT2D eigenvalue weighted by atomic mass is 19.1. The molecule has 15 heavy (non-hydrogen) atoms. The first-order valence-corrected chi connectivity index (χ1v) is 4.62. The lowest BCUT2D eigenvalue weighted by atomic mass is 10.3. The molecule has 2 aromatic rings. The first kappa shape index (κ1) is 10.0. The molecule has 0 aliphatic rings. The number of halogens is 2. The number of hydrogen-bond acceptors (Lipinski definition) is 2. The minimum atomic E-state index is -0.663. The van der Waals surface area contributed by atoms with E-state index in [1.165, 1.54) is 6.07 Å². The lowest BCUT2D eigenvalue weighted by Crippen LogP contribution is -1.93. The monoisotopic (exact) mass is 212 g/mol. The average Bonchev–Trinajstić information content (AvgIpc) is 2.57. The lowest BCUT2D eigenvalue weighted by Gasteiger charge is -1.94. The van der Waals surface area contributed by atoms with Gasteiger partial charge in [-0.3, -0.25) is 0 Å². The van der Waals surface area contributed by atoms with E-state index in [0.717, 1.165) is 6.07 Å². The summed E-state index contributed by atoms with van der Waals surface area (Å²) in [4.78, 5) is 6.76. The van der Waals surface area contributed by atoms with E-state index in [4.69, 9.17) is 4.74 Å². The SMILES string of the molecule is CCOCc1nc2c(F)cc(F)cc2[nH]1. The Kier molecular flexibility index (Phi) is 2.64. The number of fused-ring (bicyclic) bond motifs is 1. The first-order valence-electron chi connectivity index (χ1n) is 4.62. The van der Waals surface area contributed by atoms with Gasteiger partial charge >= 0.3 is 0 Å². The number of rotatable bonds is 3. The van der Waals surface area contributed by atoms with E-state index in [9.17, 15) is 8.78 Å². The van der Waals surface area contributed by atoms with E-state index in [2.05, 4.69) is 9.97 Å². The average molecular weight is 212 g/mol. The molecule has 1 aromatic heterocycles. The van der Waals surface area contributed by atoms with Crippen molar-refractivity contribution in [2.75, 3.05) is 6.61 Å². The third kappa shape index (κ3) is 1.97. The van der Waals surface area contributed by atoms with Gasteiger partial charge in [0.05, 0.1) is 5.52 Å². The van der Waals surface area contributed by atoms with Crippen LogP contribution in [0.15, 0.2) is 12.1 Å². The summed E-state index contributed by atoms with van der Waals surface area (Å²) < 4.78 is 31.2.